The molecule has 0 saturated heterocycles. The van der Waals surface area contributed by atoms with Crippen LogP contribution in [0.2, 0.25) is 0 Å². The summed E-state index contributed by atoms with van der Waals surface area (Å²) >= 11 is 0. The monoisotopic (exact) mass is 241 g/mol. The normalized spacial score (nSPS) is 16.5. The van der Waals surface area contributed by atoms with E-state index >= 15 is 0 Å². The molecule has 1 fully saturated rings. The van der Waals surface area contributed by atoms with Gasteiger partial charge >= 0.3 is 6.03 Å². The minimum atomic E-state index is 0.123. The zero-order valence-electron chi connectivity index (χ0n) is 11.5. The molecule has 100 valence electrons. The molecule has 0 aromatic rings. The Bertz CT molecular complexity index is 225. The summed E-state index contributed by atoms with van der Waals surface area (Å²) < 4.78 is 0. The third kappa shape index (κ3) is 5.39. The molecule has 0 aromatic carbocycles. The van der Waals surface area contributed by atoms with Crippen LogP contribution in [0, 0.1) is 0 Å². The molecule has 0 unspecified atom stereocenters. The van der Waals surface area contributed by atoms with Crippen molar-refractivity contribution in [3.63, 3.8) is 0 Å². The molecule has 1 N–H and O–H groups in total. The maximum absolute atomic E-state index is 12.0. The quantitative estimate of drug-likeness (QED) is 0.771. The van der Waals surface area contributed by atoms with Crippen molar-refractivity contribution in [2.75, 3.05) is 33.7 Å². The number of nitrogens with one attached hydrogen (secondary N) is 1. The van der Waals surface area contributed by atoms with Gasteiger partial charge in [-0.15, -0.1) is 0 Å². The van der Waals surface area contributed by atoms with E-state index in [4.69, 9.17) is 0 Å². The van der Waals surface area contributed by atoms with Gasteiger partial charge in [0.25, 0.3) is 0 Å². The first-order valence-corrected chi connectivity index (χ1v) is 6.83. The zero-order valence-corrected chi connectivity index (χ0v) is 11.5. The maximum atomic E-state index is 12.0. The number of hydrogen-bond donors (Lipinski definition) is 1. The molecule has 1 rings (SSSR count). The maximum Gasteiger partial charge on any atom is 0.317 e. The number of nitrogens with zero attached hydrogens (tertiary/aromatic N) is 2. The Hall–Kier alpha value is -0.770. The minimum absolute atomic E-state index is 0.123. The molecule has 1 aliphatic rings. The van der Waals surface area contributed by atoms with E-state index in [1.807, 2.05) is 11.8 Å². The van der Waals surface area contributed by atoms with Crippen molar-refractivity contribution in [3.05, 3.63) is 0 Å². The van der Waals surface area contributed by atoms with Gasteiger partial charge in [0.15, 0.2) is 0 Å². The third-order valence-corrected chi connectivity index (χ3v) is 3.39. The van der Waals surface area contributed by atoms with Gasteiger partial charge in [-0.2, -0.15) is 0 Å². The third-order valence-electron chi connectivity index (χ3n) is 3.39. The van der Waals surface area contributed by atoms with Crippen molar-refractivity contribution in [2.45, 2.75) is 45.1 Å². The molecule has 0 aliphatic heterocycles. The lowest BCUT2D eigenvalue weighted by atomic mass is 10.2. The van der Waals surface area contributed by atoms with E-state index in [2.05, 4.69) is 24.3 Å². The van der Waals surface area contributed by atoms with E-state index in [9.17, 15) is 4.79 Å². The summed E-state index contributed by atoms with van der Waals surface area (Å²) in [7, 11) is 4.13. The van der Waals surface area contributed by atoms with E-state index in [1.54, 1.807) is 0 Å². The molecule has 0 atom stereocenters. The lowest BCUT2D eigenvalue weighted by Gasteiger charge is -2.24. The Balaban J connectivity index is 2.25. The summed E-state index contributed by atoms with van der Waals surface area (Å²) in [4.78, 5) is 16.1. The molecule has 0 bridgehead atoms. The van der Waals surface area contributed by atoms with Gasteiger partial charge in [-0.05, 0) is 46.8 Å². The highest BCUT2D eigenvalue weighted by Gasteiger charge is 2.19. The smallest absolute Gasteiger partial charge is 0.317 e. The van der Waals surface area contributed by atoms with Crippen LogP contribution in [0.5, 0.6) is 0 Å². The Morgan fingerprint density at radius 3 is 2.41 bits per heavy atom. The van der Waals surface area contributed by atoms with Crippen LogP contribution in [0.3, 0.4) is 0 Å². The number of amides is 2. The lowest BCUT2D eigenvalue weighted by Crippen LogP contribution is -2.44. The zero-order chi connectivity index (χ0) is 12.7. The second-order valence-electron chi connectivity index (χ2n) is 5.17. The van der Waals surface area contributed by atoms with Crippen LogP contribution in [0.1, 0.15) is 39.0 Å². The predicted octanol–water partition coefficient (Wildman–Crippen LogP) is 1.91. The summed E-state index contributed by atoms with van der Waals surface area (Å²) in [6.07, 6.45) is 5.87. The highest BCUT2D eigenvalue weighted by molar-refractivity contribution is 5.74. The Morgan fingerprint density at radius 1 is 1.24 bits per heavy atom. The molecule has 0 radical (unpaired) electrons. The Labute approximate surface area is 105 Å². The van der Waals surface area contributed by atoms with Gasteiger partial charge in [0.1, 0.15) is 0 Å². The topological polar surface area (TPSA) is 35.6 Å². The molecule has 0 spiro atoms. The van der Waals surface area contributed by atoms with E-state index in [-0.39, 0.29) is 6.03 Å². The Kier molecular flexibility index (Phi) is 6.34. The minimum Gasteiger partial charge on any atom is -0.335 e. The van der Waals surface area contributed by atoms with Crippen LogP contribution in [-0.4, -0.2) is 55.6 Å². The molecule has 4 nitrogen and oxygen atoms in total. The van der Waals surface area contributed by atoms with E-state index in [0.29, 0.717) is 6.04 Å². The number of carbonyl (C=O) groups excluding carboxylic acids is 1. The lowest BCUT2D eigenvalue weighted by molar-refractivity contribution is 0.193. The van der Waals surface area contributed by atoms with Crippen LogP contribution < -0.4 is 5.32 Å². The fourth-order valence-corrected chi connectivity index (χ4v) is 2.32. The molecule has 1 saturated carbocycles. The molecule has 17 heavy (non-hydrogen) atoms. The van der Waals surface area contributed by atoms with Gasteiger partial charge in [0, 0.05) is 19.1 Å². The van der Waals surface area contributed by atoms with Crippen LogP contribution in [-0.2, 0) is 0 Å². The molecule has 0 aromatic heterocycles. The van der Waals surface area contributed by atoms with Crippen LogP contribution >= 0.6 is 0 Å². The average molecular weight is 241 g/mol. The van der Waals surface area contributed by atoms with Gasteiger partial charge < -0.3 is 15.1 Å². The van der Waals surface area contributed by atoms with Crippen molar-refractivity contribution >= 4 is 6.03 Å². The van der Waals surface area contributed by atoms with E-state index < -0.39 is 0 Å². The van der Waals surface area contributed by atoms with Crippen molar-refractivity contribution in [2.24, 2.45) is 0 Å². The van der Waals surface area contributed by atoms with Crippen molar-refractivity contribution in [1.29, 1.82) is 0 Å². The predicted molar refractivity (Wildman–Crippen MR) is 71.2 cm³/mol. The average Bonchev–Trinajstić information content (AvgIpc) is 2.76. The highest BCUT2D eigenvalue weighted by Crippen LogP contribution is 2.17. The summed E-state index contributed by atoms with van der Waals surface area (Å²) in [5.74, 6) is 0. The van der Waals surface area contributed by atoms with Gasteiger partial charge in [-0.3, -0.25) is 0 Å². The number of urea groups is 1. The van der Waals surface area contributed by atoms with Crippen molar-refractivity contribution < 1.29 is 4.79 Å². The second kappa shape index (κ2) is 7.54. The highest BCUT2D eigenvalue weighted by atomic mass is 16.2. The van der Waals surface area contributed by atoms with Gasteiger partial charge in [0.2, 0.25) is 0 Å². The second-order valence-corrected chi connectivity index (χ2v) is 5.17. The SMILES string of the molecule is CCN(CCCN(C)C)C(=O)NC1CCCC1. The van der Waals surface area contributed by atoms with Gasteiger partial charge in [0.05, 0.1) is 0 Å². The largest absolute Gasteiger partial charge is 0.335 e. The summed E-state index contributed by atoms with van der Waals surface area (Å²) in [6.45, 7) is 4.73. The number of hydrogen-bond acceptors (Lipinski definition) is 2. The first-order chi connectivity index (χ1) is 8.13. The fraction of sp³-hybridized carbons (Fsp3) is 0.923. The fourth-order valence-electron chi connectivity index (χ4n) is 2.32. The first-order valence-electron chi connectivity index (χ1n) is 6.83. The molecule has 1 aliphatic carbocycles. The summed E-state index contributed by atoms with van der Waals surface area (Å²) in [5.41, 5.74) is 0. The van der Waals surface area contributed by atoms with Crippen LogP contribution in [0.4, 0.5) is 4.79 Å². The molecular formula is C13H27N3O. The van der Waals surface area contributed by atoms with Crippen molar-refractivity contribution in [1.82, 2.24) is 15.1 Å². The molecule has 4 heteroatoms. The first kappa shape index (κ1) is 14.3. The molecule has 2 amide bonds. The summed E-state index contributed by atoms with van der Waals surface area (Å²) in [6, 6.07) is 0.545. The number of rotatable bonds is 6. The van der Waals surface area contributed by atoms with Crippen LogP contribution in [0.15, 0.2) is 0 Å². The molecular weight excluding hydrogens is 214 g/mol. The van der Waals surface area contributed by atoms with Crippen LogP contribution in [0.25, 0.3) is 0 Å². The number of carbonyl (C=O) groups is 1. The van der Waals surface area contributed by atoms with E-state index in [0.717, 1.165) is 38.9 Å². The van der Waals surface area contributed by atoms with Gasteiger partial charge in [-0.1, -0.05) is 12.8 Å². The summed E-state index contributed by atoms with van der Waals surface area (Å²) in [5, 5.41) is 3.14. The Morgan fingerprint density at radius 2 is 1.88 bits per heavy atom. The van der Waals surface area contributed by atoms with Crippen molar-refractivity contribution in [3.8, 4) is 0 Å². The standard InChI is InChI=1S/C13H27N3O/c1-4-16(11-7-10-15(2)3)13(17)14-12-8-5-6-9-12/h12H,4-11H2,1-3H3,(H,14,17). The van der Waals surface area contributed by atoms with E-state index in [1.165, 1.54) is 12.8 Å². The van der Waals surface area contributed by atoms with Gasteiger partial charge in [-0.25, -0.2) is 4.79 Å². The molecule has 0 heterocycles.